The lowest BCUT2D eigenvalue weighted by atomic mass is 10.1. The number of aromatic nitrogens is 3. The minimum atomic E-state index is -2.81. The van der Waals surface area contributed by atoms with Crippen molar-refractivity contribution < 1.29 is 0 Å². The number of hydrogen-bond donors (Lipinski definition) is 0. The van der Waals surface area contributed by atoms with Crippen molar-refractivity contribution in [2.45, 2.75) is 0 Å². The molecule has 0 N–H and O–H groups in total. The molecule has 0 amide bonds. The first-order valence-electron chi connectivity index (χ1n) is 28.8. The Morgan fingerprint density at radius 2 is 0.422 bits per heavy atom. The predicted octanol–water partition coefficient (Wildman–Crippen LogP) is 13.7. The summed E-state index contributed by atoms with van der Waals surface area (Å²) in [6.45, 7) is 0. The predicted molar refractivity (Wildman–Crippen MR) is 357 cm³/mol. The van der Waals surface area contributed by atoms with E-state index in [1.807, 2.05) is 0 Å². The van der Waals surface area contributed by atoms with E-state index in [-0.39, 0.29) is 0 Å². The Bertz CT molecular complexity index is 4880. The first-order valence-corrected chi connectivity index (χ1v) is 32.8. The van der Waals surface area contributed by atoms with E-state index >= 15 is 0 Å². The van der Waals surface area contributed by atoms with Crippen molar-refractivity contribution in [2.24, 2.45) is 0 Å². The molecule has 0 aliphatic carbocycles. The van der Waals surface area contributed by atoms with Crippen LogP contribution in [0.25, 0.3) is 82.5 Å². The average Bonchev–Trinajstić information content (AvgIpc) is 4.33. The van der Waals surface area contributed by atoms with Gasteiger partial charge in [-0.15, -0.1) is 0 Å². The van der Waals surface area contributed by atoms with Crippen LogP contribution in [0.1, 0.15) is 0 Å². The fourth-order valence-corrected chi connectivity index (χ4v) is 23.8. The molecule has 0 atom stereocenters. The third kappa shape index (κ3) is 7.42. The molecule has 5 heteroatoms. The molecule has 0 unspecified atom stereocenters. The van der Waals surface area contributed by atoms with E-state index < -0.39 is 16.1 Å². The van der Waals surface area contributed by atoms with E-state index in [1.165, 1.54) is 95.9 Å². The van der Waals surface area contributed by atoms with Gasteiger partial charge in [0, 0.05) is 38.0 Å². The van der Waals surface area contributed by atoms with Crippen LogP contribution in [0, 0.1) is 0 Å². The van der Waals surface area contributed by atoms with E-state index in [1.54, 1.807) is 0 Å². The van der Waals surface area contributed by atoms with Crippen molar-refractivity contribution in [1.29, 1.82) is 0 Å². The maximum Gasteiger partial charge on any atom is 0.179 e. The molecular formula is C78H55N3Si2. The molecule has 16 aromatic rings. The van der Waals surface area contributed by atoms with Gasteiger partial charge in [0.2, 0.25) is 0 Å². The zero-order chi connectivity index (χ0) is 54.9. The summed E-state index contributed by atoms with van der Waals surface area (Å²) < 4.78 is 7.49. The fourth-order valence-electron chi connectivity index (χ4n) is 14.3. The van der Waals surface area contributed by atoms with Crippen LogP contribution in [0.5, 0.6) is 0 Å². The fraction of sp³-hybridized carbons (Fsp3) is 0. The Morgan fingerprint density at radius 1 is 0.169 bits per heavy atom. The Hall–Kier alpha value is -10.3. The summed E-state index contributed by atoms with van der Waals surface area (Å²) in [5.74, 6) is 0. The third-order valence-electron chi connectivity index (χ3n) is 17.7. The molecule has 0 saturated carbocycles. The zero-order valence-electron chi connectivity index (χ0n) is 45.6. The molecule has 0 fully saturated rings. The van der Waals surface area contributed by atoms with Gasteiger partial charge in [0.05, 0.1) is 44.5 Å². The van der Waals surface area contributed by atoms with Crippen molar-refractivity contribution >= 4 is 123 Å². The largest absolute Gasteiger partial charge is 0.309 e. The van der Waals surface area contributed by atoms with Crippen molar-refractivity contribution in [1.82, 2.24) is 13.7 Å². The normalized spacial score (nSPS) is 12.1. The third-order valence-corrected chi connectivity index (χ3v) is 27.3. The highest BCUT2D eigenvalue weighted by Crippen LogP contribution is 2.40. The lowest BCUT2D eigenvalue weighted by molar-refractivity contribution is 1.09. The summed E-state index contributed by atoms with van der Waals surface area (Å²) >= 11 is 0. The van der Waals surface area contributed by atoms with Crippen molar-refractivity contribution in [3.8, 4) is 17.1 Å². The first-order chi connectivity index (χ1) is 41.2. The standard InChI is InChI=1S/C78H55N3Si2/c1-7-27-57(28-8-1)82(58-29-9-2-10-30-58,59-31-11-3-12-32-59)63-48-51-74-69(54-63)66-40-19-22-42-71(66)79(74)56-47-50-75-68(53-56)65-39-20-23-43-72(65)80(75)77-45-25-26-46-78(77)81-73-44-24-21-41-67(73)70-55-64(49-52-76(70)81)83(60-33-13-4-14-34-60,61-35-15-5-16-36-61)62-37-17-6-18-38-62/h1-55H. The van der Waals surface area contributed by atoms with Crippen LogP contribution < -0.4 is 41.5 Å². The summed E-state index contributed by atoms with van der Waals surface area (Å²) in [4.78, 5) is 0. The van der Waals surface area contributed by atoms with Crippen LogP contribution in [-0.2, 0) is 0 Å². The molecule has 0 aliphatic heterocycles. The molecule has 3 nitrogen and oxygen atoms in total. The highest BCUT2D eigenvalue weighted by molar-refractivity contribution is 7.20. The maximum atomic E-state index is 2.53. The zero-order valence-corrected chi connectivity index (χ0v) is 47.6. The van der Waals surface area contributed by atoms with Gasteiger partial charge in [-0.1, -0.05) is 273 Å². The van der Waals surface area contributed by atoms with Gasteiger partial charge in [0.15, 0.2) is 16.1 Å². The van der Waals surface area contributed by atoms with E-state index in [2.05, 4.69) is 347 Å². The van der Waals surface area contributed by atoms with Gasteiger partial charge in [-0.25, -0.2) is 0 Å². The Kier molecular flexibility index (Phi) is 11.6. The molecule has 0 saturated heterocycles. The average molecular weight is 1090 g/mol. The molecule has 3 aromatic heterocycles. The van der Waals surface area contributed by atoms with Gasteiger partial charge in [0.25, 0.3) is 0 Å². The number of benzene rings is 13. The second kappa shape index (κ2) is 19.7. The quantitative estimate of drug-likeness (QED) is 0.0906. The number of fused-ring (bicyclic) bond motifs is 9. The molecule has 16 rings (SSSR count). The Balaban J connectivity index is 0.884. The van der Waals surface area contributed by atoms with Crippen molar-refractivity contribution in [3.63, 3.8) is 0 Å². The van der Waals surface area contributed by atoms with Gasteiger partial charge < -0.3 is 13.7 Å². The highest BCUT2D eigenvalue weighted by atomic mass is 28.3. The number of nitrogens with zero attached hydrogens (tertiary/aromatic N) is 3. The molecule has 0 radical (unpaired) electrons. The minimum Gasteiger partial charge on any atom is -0.309 e. The van der Waals surface area contributed by atoms with E-state index in [4.69, 9.17) is 0 Å². The monoisotopic (exact) mass is 1090 g/mol. The number of rotatable bonds is 11. The maximum absolute atomic E-state index is 2.81. The van der Waals surface area contributed by atoms with Gasteiger partial charge in [0.1, 0.15) is 0 Å². The molecule has 0 aliphatic rings. The summed E-state index contributed by atoms with van der Waals surface area (Å²) in [5.41, 5.74) is 10.4. The van der Waals surface area contributed by atoms with Crippen molar-refractivity contribution in [3.05, 3.63) is 334 Å². The SMILES string of the molecule is c1ccc([Si](c2ccccc2)(c2ccccc2)c2ccc3c(c2)c2ccccc2n3-c2ccc3c(c2)c2ccccc2n3-c2ccccc2-n2c3ccccc3c3cc([Si](c4ccccc4)(c4ccccc4)c4ccccc4)ccc32)cc1. The second-order valence-electron chi connectivity index (χ2n) is 21.9. The second-order valence-corrected chi connectivity index (χ2v) is 29.5. The summed E-state index contributed by atoms with van der Waals surface area (Å²) in [6, 6.07) is 125. The first kappa shape index (κ1) is 48.6. The lowest BCUT2D eigenvalue weighted by Crippen LogP contribution is -2.74. The van der Waals surface area contributed by atoms with Gasteiger partial charge in [-0.2, -0.15) is 0 Å². The van der Waals surface area contributed by atoms with Crippen LogP contribution in [0.15, 0.2) is 334 Å². The molecule has 83 heavy (non-hydrogen) atoms. The molecular weight excluding hydrogens is 1040 g/mol. The van der Waals surface area contributed by atoms with Gasteiger partial charge in [-0.3, -0.25) is 0 Å². The highest BCUT2D eigenvalue weighted by Gasteiger charge is 2.43. The number of hydrogen-bond acceptors (Lipinski definition) is 0. The van der Waals surface area contributed by atoms with Crippen LogP contribution in [0.3, 0.4) is 0 Å². The minimum absolute atomic E-state index is 1.12. The number of para-hydroxylation sites is 5. The van der Waals surface area contributed by atoms with Crippen LogP contribution >= 0.6 is 0 Å². The molecule has 390 valence electrons. The summed E-state index contributed by atoms with van der Waals surface area (Å²) in [5, 5.41) is 18.3. The van der Waals surface area contributed by atoms with E-state index in [9.17, 15) is 0 Å². The van der Waals surface area contributed by atoms with Crippen LogP contribution in [0.4, 0.5) is 0 Å². The van der Waals surface area contributed by atoms with Crippen molar-refractivity contribution in [2.75, 3.05) is 0 Å². The molecule has 0 spiro atoms. The Labute approximate surface area is 484 Å². The molecule has 0 bridgehead atoms. The molecule has 3 heterocycles. The van der Waals surface area contributed by atoms with E-state index in [0.717, 1.165) is 28.1 Å². The van der Waals surface area contributed by atoms with Crippen LogP contribution in [-0.4, -0.2) is 29.8 Å². The smallest absolute Gasteiger partial charge is 0.179 e. The summed E-state index contributed by atoms with van der Waals surface area (Å²) in [6.07, 6.45) is 0. The molecule has 13 aromatic carbocycles. The summed E-state index contributed by atoms with van der Waals surface area (Å²) in [7, 11) is -5.60. The topological polar surface area (TPSA) is 14.8 Å². The van der Waals surface area contributed by atoms with Gasteiger partial charge in [-0.05, 0) is 102 Å². The lowest BCUT2D eigenvalue weighted by Gasteiger charge is -2.34. The van der Waals surface area contributed by atoms with Gasteiger partial charge >= 0.3 is 0 Å². The van der Waals surface area contributed by atoms with Crippen LogP contribution in [0.2, 0.25) is 0 Å². The Morgan fingerprint density at radius 3 is 0.771 bits per heavy atom. The van der Waals surface area contributed by atoms with E-state index in [0.29, 0.717) is 0 Å².